The van der Waals surface area contributed by atoms with E-state index in [9.17, 15) is 34.8 Å². The van der Waals surface area contributed by atoms with E-state index < -0.39 is 63.9 Å². The fourth-order valence-electron chi connectivity index (χ4n) is 10.4. The first-order valence-electron chi connectivity index (χ1n) is 16.6. The maximum atomic E-state index is 14.5. The summed E-state index contributed by atoms with van der Waals surface area (Å²) in [6.45, 7) is 7.19. The monoisotopic (exact) mass is 633 g/mol. The van der Waals surface area contributed by atoms with Crippen molar-refractivity contribution in [3.05, 3.63) is 47.0 Å². The number of aliphatic hydroxyl groups excluding tert-OH is 2. The summed E-state index contributed by atoms with van der Waals surface area (Å²) in [7, 11) is 1.60. The first-order valence-corrected chi connectivity index (χ1v) is 16.6. The number of aromatic hydroxyl groups is 1. The van der Waals surface area contributed by atoms with E-state index >= 15 is 0 Å². The molecule has 0 heterocycles. The van der Waals surface area contributed by atoms with Gasteiger partial charge >= 0.3 is 0 Å². The lowest BCUT2D eigenvalue weighted by Crippen LogP contribution is -2.79. The van der Waals surface area contributed by atoms with Gasteiger partial charge in [0.15, 0.2) is 17.2 Å². The number of phenols is 1. The van der Waals surface area contributed by atoms with Crippen LogP contribution >= 0.6 is 0 Å². The van der Waals surface area contributed by atoms with Gasteiger partial charge in [0, 0.05) is 11.0 Å². The largest absolute Gasteiger partial charge is 0.507 e. The number of rotatable bonds is 6. The third kappa shape index (κ3) is 4.48. The Hall–Kier alpha value is -3.27. The third-order valence-electron chi connectivity index (χ3n) is 12.2. The molecule has 0 aliphatic heterocycles. The average Bonchev–Trinajstić information content (AvgIpc) is 3.48. The molecule has 9 nitrogen and oxygen atoms in total. The van der Waals surface area contributed by atoms with Crippen LogP contribution in [0.3, 0.4) is 0 Å². The van der Waals surface area contributed by atoms with Gasteiger partial charge in [-0.25, -0.2) is 0 Å². The minimum Gasteiger partial charge on any atom is -0.507 e. The number of ketones is 2. The summed E-state index contributed by atoms with van der Waals surface area (Å²) in [6, 6.07) is 9.38. The van der Waals surface area contributed by atoms with Crippen molar-refractivity contribution in [2.24, 2.45) is 46.2 Å². The number of phenolic OH excluding ortho intramolecular Hbond substituents is 1. The van der Waals surface area contributed by atoms with E-state index in [1.807, 2.05) is 26.8 Å². The molecule has 3 saturated carbocycles. The van der Waals surface area contributed by atoms with Crippen molar-refractivity contribution in [3.63, 3.8) is 0 Å². The number of nitrogens with two attached hydrogens (primary N) is 1. The molecule has 6 rings (SSSR count). The molecule has 0 spiro atoms. The number of aliphatic hydroxyl groups is 3. The van der Waals surface area contributed by atoms with E-state index in [4.69, 9.17) is 10.5 Å². The van der Waals surface area contributed by atoms with E-state index in [-0.39, 0.29) is 30.1 Å². The van der Waals surface area contributed by atoms with Gasteiger partial charge in [-0.2, -0.15) is 0 Å². The Morgan fingerprint density at radius 1 is 1.07 bits per heavy atom. The summed E-state index contributed by atoms with van der Waals surface area (Å²) in [4.78, 5) is 40.9. The number of Topliss-reactive ketones (excluding diaryl/α,β-unsaturated/α-hetero) is 2. The maximum Gasteiger partial charge on any atom is 0.230 e. The zero-order valence-corrected chi connectivity index (χ0v) is 27.4. The van der Waals surface area contributed by atoms with Crippen LogP contribution in [-0.2, 0) is 22.4 Å². The highest BCUT2D eigenvalue weighted by molar-refractivity contribution is 6.09. The molecule has 0 radical (unpaired) electrons. The van der Waals surface area contributed by atoms with Crippen LogP contribution in [-0.4, -0.2) is 62.8 Å². The van der Waals surface area contributed by atoms with Crippen LogP contribution < -0.4 is 10.5 Å². The second kappa shape index (κ2) is 11.2. The van der Waals surface area contributed by atoms with Gasteiger partial charge in [0.2, 0.25) is 5.91 Å². The molecule has 1 amide bonds. The highest BCUT2D eigenvalue weighted by Crippen LogP contribution is 2.66. The number of primary amides is 1. The highest BCUT2D eigenvalue weighted by atomic mass is 16.5. The molecule has 2 unspecified atom stereocenters. The topological polar surface area (TPSA) is 167 Å². The second-order valence-electron chi connectivity index (χ2n) is 15.4. The maximum absolute atomic E-state index is 14.5. The molecular weight excluding hydrogens is 586 g/mol. The second-order valence-corrected chi connectivity index (χ2v) is 15.4. The quantitative estimate of drug-likeness (QED) is 0.298. The number of amides is 1. The van der Waals surface area contributed by atoms with Crippen LogP contribution in [0.25, 0.3) is 11.1 Å². The lowest BCUT2D eigenvalue weighted by molar-refractivity contribution is -0.265. The van der Waals surface area contributed by atoms with Gasteiger partial charge in [-0.05, 0) is 77.3 Å². The zero-order valence-electron chi connectivity index (χ0n) is 27.4. The van der Waals surface area contributed by atoms with Crippen LogP contribution in [0, 0.1) is 40.4 Å². The summed E-state index contributed by atoms with van der Waals surface area (Å²) in [5, 5.41) is 46.9. The third-order valence-corrected chi connectivity index (χ3v) is 12.2. The Balaban J connectivity index is 1.51. The summed E-state index contributed by atoms with van der Waals surface area (Å²) < 4.78 is 5.79. The molecule has 4 aliphatic carbocycles. The number of fused-ring (bicyclic) bond motifs is 3. The number of ether oxygens (including phenoxy) is 1. The van der Waals surface area contributed by atoms with Crippen molar-refractivity contribution in [1.29, 1.82) is 0 Å². The van der Waals surface area contributed by atoms with E-state index in [1.165, 1.54) is 37.3 Å². The SMILES string of the molecule is COc1ccc(CC2CCCC2)cc1-c1ccc(O)c2c1C[C@]1(C)C[C@]3(C)[C@@H](C(C)C)C(O)[C@@H](C(N)=O)C(=O)[C@]3(O)C(O)[C@H]1C2=O. The van der Waals surface area contributed by atoms with E-state index in [0.29, 0.717) is 17.2 Å². The normalized spacial score (nSPS) is 35.9. The number of carbonyl (C=O) groups is 3. The summed E-state index contributed by atoms with van der Waals surface area (Å²) in [6.07, 6.45) is 2.78. The van der Waals surface area contributed by atoms with Crippen LogP contribution in [0.15, 0.2) is 30.3 Å². The molecule has 6 N–H and O–H groups in total. The van der Waals surface area contributed by atoms with Crippen molar-refractivity contribution < 1.29 is 39.5 Å². The van der Waals surface area contributed by atoms with Gasteiger partial charge in [-0.3, -0.25) is 14.4 Å². The molecule has 3 fully saturated rings. The fraction of sp³-hybridized carbons (Fsp3) is 0.595. The Morgan fingerprint density at radius 3 is 2.35 bits per heavy atom. The molecule has 248 valence electrons. The Labute approximate surface area is 270 Å². The molecule has 8 atom stereocenters. The minimum atomic E-state index is -2.54. The summed E-state index contributed by atoms with van der Waals surface area (Å²) in [5.74, 6) is -5.85. The van der Waals surface area contributed by atoms with E-state index in [0.717, 1.165) is 17.5 Å². The smallest absolute Gasteiger partial charge is 0.230 e. The highest BCUT2D eigenvalue weighted by Gasteiger charge is 2.76. The Kier molecular flexibility index (Phi) is 7.93. The van der Waals surface area contributed by atoms with Crippen molar-refractivity contribution in [2.75, 3.05) is 7.11 Å². The number of hydrogen-bond donors (Lipinski definition) is 5. The van der Waals surface area contributed by atoms with Crippen molar-refractivity contribution in [2.45, 2.75) is 90.4 Å². The molecular formula is C37H47NO8. The van der Waals surface area contributed by atoms with Gasteiger partial charge in [-0.15, -0.1) is 0 Å². The predicted octanol–water partition coefficient (Wildman–Crippen LogP) is 3.98. The summed E-state index contributed by atoms with van der Waals surface area (Å²) in [5.41, 5.74) is 3.99. The molecule has 2 aromatic carbocycles. The van der Waals surface area contributed by atoms with Crippen LogP contribution in [0.4, 0.5) is 0 Å². The van der Waals surface area contributed by atoms with Crippen molar-refractivity contribution in [1.82, 2.24) is 0 Å². The standard InChI is InChI=1S/C37H47NO8/c1-18(2)28-31(41)27(34(38)44)32(42)37(45)33(43)29-30(40)26-23(16-35(29,3)17-36(28,37)4)21(11-12-24(26)39)22-15-20(10-13-25(22)46-5)14-19-8-6-7-9-19/h10-13,15,18-19,27-29,31,33,39,41,43,45H,6-9,14,16-17H2,1-5H3,(H2,38,44)/t27-,28+,29-,31?,33?,35-,36-,37+/m1/s1. The Bertz CT molecular complexity index is 1600. The molecule has 0 bridgehead atoms. The van der Waals surface area contributed by atoms with Crippen LogP contribution in [0.5, 0.6) is 11.5 Å². The number of benzene rings is 2. The fourth-order valence-corrected chi connectivity index (χ4v) is 10.4. The average molecular weight is 634 g/mol. The first kappa shape index (κ1) is 32.7. The van der Waals surface area contributed by atoms with Gasteiger partial charge in [0.05, 0.1) is 24.7 Å². The van der Waals surface area contributed by atoms with Crippen molar-refractivity contribution >= 4 is 17.5 Å². The van der Waals surface area contributed by atoms with E-state index in [1.54, 1.807) is 20.1 Å². The number of carbonyl (C=O) groups excluding carboxylic acids is 3. The summed E-state index contributed by atoms with van der Waals surface area (Å²) >= 11 is 0. The van der Waals surface area contributed by atoms with Gasteiger partial charge in [0.25, 0.3) is 0 Å². The first-order chi connectivity index (χ1) is 21.6. The van der Waals surface area contributed by atoms with Gasteiger partial charge in [0.1, 0.15) is 23.5 Å². The lowest BCUT2D eigenvalue weighted by Gasteiger charge is -2.66. The number of hydrogen-bond acceptors (Lipinski definition) is 8. The molecule has 0 aromatic heterocycles. The molecule has 9 heteroatoms. The Morgan fingerprint density at radius 2 is 1.74 bits per heavy atom. The van der Waals surface area contributed by atoms with Crippen LogP contribution in [0.1, 0.15) is 81.3 Å². The van der Waals surface area contributed by atoms with E-state index in [2.05, 4.69) is 12.1 Å². The van der Waals surface area contributed by atoms with Gasteiger partial charge in [-0.1, -0.05) is 65.5 Å². The molecule has 4 aliphatic rings. The van der Waals surface area contributed by atoms with Crippen LogP contribution in [0.2, 0.25) is 0 Å². The lowest BCUT2D eigenvalue weighted by atomic mass is 9.39. The number of methoxy groups -OCH3 is 1. The molecule has 2 aromatic rings. The minimum absolute atomic E-state index is 0.0460. The predicted molar refractivity (Wildman–Crippen MR) is 171 cm³/mol. The van der Waals surface area contributed by atoms with Crippen molar-refractivity contribution in [3.8, 4) is 22.6 Å². The van der Waals surface area contributed by atoms with Gasteiger partial charge < -0.3 is 30.9 Å². The zero-order chi connectivity index (χ0) is 33.5. The molecule has 46 heavy (non-hydrogen) atoms. The molecule has 0 saturated heterocycles.